The predicted molar refractivity (Wildman–Crippen MR) is 109 cm³/mol. The second kappa shape index (κ2) is 8.89. The number of nitrogens with zero attached hydrogens (tertiary/aromatic N) is 2. The Kier molecular flexibility index (Phi) is 6.10. The van der Waals surface area contributed by atoms with Crippen molar-refractivity contribution in [1.82, 2.24) is 10.2 Å². The Labute approximate surface area is 170 Å². The Balaban J connectivity index is 1.86. The molecule has 3 aromatic rings. The van der Waals surface area contributed by atoms with Crippen LogP contribution in [0.4, 0.5) is 17.3 Å². The number of hydrogen-bond donors (Lipinski definition) is 4. The second-order valence-corrected chi connectivity index (χ2v) is 6.21. The molecule has 0 radical (unpaired) electrons. The summed E-state index contributed by atoms with van der Waals surface area (Å²) in [5.74, 6) is -1.14. The number of aromatic nitrogens is 2. The monoisotopic (exact) mass is 413 g/mol. The zero-order chi connectivity index (χ0) is 20.8. The number of amides is 1. The normalized spacial score (nSPS) is 10.8. The summed E-state index contributed by atoms with van der Waals surface area (Å²) < 4.78 is 5.22. The van der Waals surface area contributed by atoms with Crippen LogP contribution in [0.15, 0.2) is 53.5 Å². The number of para-hydroxylation sites is 1. The Morgan fingerprint density at radius 2 is 1.97 bits per heavy atom. The number of benzene rings is 2. The number of aliphatic imine (C=N–C) groups is 1. The molecule has 0 aliphatic heterocycles. The summed E-state index contributed by atoms with van der Waals surface area (Å²) >= 11 is 5.87. The summed E-state index contributed by atoms with van der Waals surface area (Å²) in [4.78, 5) is 26.9. The number of primary amides is 1. The number of aliphatic carboxylic acids is 1. The molecule has 29 heavy (non-hydrogen) atoms. The van der Waals surface area contributed by atoms with Crippen LogP contribution in [0.5, 0.6) is 5.75 Å². The van der Waals surface area contributed by atoms with Crippen LogP contribution in [0.2, 0.25) is 5.02 Å². The molecule has 0 aliphatic carbocycles. The molecule has 148 valence electrons. The number of anilines is 2. The summed E-state index contributed by atoms with van der Waals surface area (Å²) in [6, 6.07) is 13.6. The van der Waals surface area contributed by atoms with Crippen LogP contribution in [-0.2, 0) is 4.79 Å². The van der Waals surface area contributed by atoms with E-state index in [1.807, 2.05) is 0 Å². The molecule has 0 fully saturated rings. The lowest BCUT2D eigenvalue weighted by molar-refractivity contribution is -0.139. The summed E-state index contributed by atoms with van der Waals surface area (Å²) in [6.45, 7) is -0.491. The highest BCUT2D eigenvalue weighted by Crippen LogP contribution is 2.27. The van der Waals surface area contributed by atoms with Crippen LogP contribution in [0.1, 0.15) is 15.9 Å². The van der Waals surface area contributed by atoms with Crippen molar-refractivity contribution in [3.05, 3.63) is 64.7 Å². The topological polar surface area (TPSA) is 143 Å². The van der Waals surface area contributed by atoms with Gasteiger partial charge in [-0.1, -0.05) is 23.7 Å². The van der Waals surface area contributed by atoms with Crippen LogP contribution in [0.3, 0.4) is 0 Å². The maximum atomic E-state index is 11.9. The molecule has 0 saturated heterocycles. The number of aromatic amines is 1. The van der Waals surface area contributed by atoms with Crippen molar-refractivity contribution in [3.8, 4) is 5.75 Å². The van der Waals surface area contributed by atoms with Crippen molar-refractivity contribution in [2.45, 2.75) is 0 Å². The van der Waals surface area contributed by atoms with Gasteiger partial charge in [-0.15, -0.1) is 0 Å². The van der Waals surface area contributed by atoms with Gasteiger partial charge in [0.1, 0.15) is 17.1 Å². The van der Waals surface area contributed by atoms with Crippen LogP contribution < -0.4 is 15.8 Å². The fraction of sp³-hybridized carbons (Fsp3) is 0.0526. The van der Waals surface area contributed by atoms with Gasteiger partial charge < -0.3 is 20.9 Å². The number of carbonyl (C=O) groups excluding carboxylic acids is 1. The predicted octanol–water partition coefficient (Wildman–Crippen LogP) is 3.12. The molecule has 0 unspecified atom stereocenters. The number of nitrogens with two attached hydrogens (primary N) is 1. The standard InChI is InChI=1S/C19H16ClN5O4/c20-12-5-7-13(8-6-12)23-19-16(17(21)28)18(24-25-19)22-9-11-3-1-2-4-14(11)29-10-15(26)27/h1-9H,10H2,(H2,21,28)(H,26,27)(H2,23,24,25). The van der Waals surface area contributed by atoms with Crippen molar-refractivity contribution in [2.75, 3.05) is 11.9 Å². The highest BCUT2D eigenvalue weighted by atomic mass is 35.5. The van der Waals surface area contributed by atoms with E-state index in [0.717, 1.165) is 0 Å². The largest absolute Gasteiger partial charge is 0.481 e. The Hall–Kier alpha value is -3.85. The molecule has 5 N–H and O–H groups in total. The van der Waals surface area contributed by atoms with Crippen molar-refractivity contribution < 1.29 is 19.4 Å². The third-order valence-electron chi connectivity index (χ3n) is 3.70. The minimum atomic E-state index is -1.10. The van der Waals surface area contributed by atoms with Crippen LogP contribution >= 0.6 is 11.6 Å². The van der Waals surface area contributed by atoms with Gasteiger partial charge in [-0.05, 0) is 36.4 Å². The van der Waals surface area contributed by atoms with Gasteiger partial charge in [0, 0.05) is 22.5 Å². The van der Waals surface area contributed by atoms with Gasteiger partial charge in [0.15, 0.2) is 12.4 Å². The smallest absolute Gasteiger partial charge is 0.341 e. The first-order valence-corrected chi connectivity index (χ1v) is 8.70. The quantitative estimate of drug-likeness (QED) is 0.418. The maximum absolute atomic E-state index is 11.9. The Morgan fingerprint density at radius 1 is 1.24 bits per heavy atom. The number of ether oxygens (including phenoxy) is 1. The van der Waals surface area contributed by atoms with E-state index in [1.165, 1.54) is 6.21 Å². The molecule has 2 aromatic carbocycles. The van der Waals surface area contributed by atoms with E-state index in [-0.39, 0.29) is 17.2 Å². The van der Waals surface area contributed by atoms with Crippen molar-refractivity contribution in [2.24, 2.45) is 10.7 Å². The molecule has 3 rings (SSSR count). The summed E-state index contributed by atoms with van der Waals surface area (Å²) in [5, 5.41) is 19.1. The number of rotatable bonds is 8. The van der Waals surface area contributed by atoms with E-state index >= 15 is 0 Å². The third kappa shape index (κ3) is 5.11. The number of halogens is 1. The van der Waals surface area contributed by atoms with Gasteiger partial charge in [-0.3, -0.25) is 9.89 Å². The number of H-pyrrole nitrogens is 1. The van der Waals surface area contributed by atoms with E-state index in [0.29, 0.717) is 22.0 Å². The van der Waals surface area contributed by atoms with Crippen LogP contribution in [-0.4, -0.2) is 40.0 Å². The lowest BCUT2D eigenvalue weighted by atomic mass is 10.2. The third-order valence-corrected chi connectivity index (χ3v) is 3.96. The van der Waals surface area contributed by atoms with Crippen molar-refractivity contribution in [1.29, 1.82) is 0 Å². The average Bonchev–Trinajstić information content (AvgIpc) is 3.09. The lowest BCUT2D eigenvalue weighted by Crippen LogP contribution is -2.12. The molecule has 0 spiro atoms. The molecular weight excluding hydrogens is 398 g/mol. The molecule has 0 saturated carbocycles. The number of carboxylic acid groups (broad SMARTS) is 1. The number of carbonyl (C=O) groups is 2. The molecule has 1 aromatic heterocycles. The summed E-state index contributed by atoms with van der Waals surface area (Å²) in [6.07, 6.45) is 1.41. The average molecular weight is 414 g/mol. The van der Waals surface area contributed by atoms with E-state index in [4.69, 9.17) is 27.2 Å². The van der Waals surface area contributed by atoms with Gasteiger partial charge in [-0.25, -0.2) is 9.79 Å². The van der Waals surface area contributed by atoms with Gasteiger partial charge in [0.25, 0.3) is 5.91 Å². The Morgan fingerprint density at radius 3 is 2.66 bits per heavy atom. The highest BCUT2D eigenvalue weighted by Gasteiger charge is 2.18. The number of hydrogen-bond acceptors (Lipinski definition) is 6. The lowest BCUT2D eigenvalue weighted by Gasteiger charge is -2.06. The molecule has 1 heterocycles. The van der Waals surface area contributed by atoms with Gasteiger partial charge in [-0.2, -0.15) is 5.10 Å². The summed E-state index contributed by atoms with van der Waals surface area (Å²) in [5.41, 5.74) is 6.75. The van der Waals surface area contributed by atoms with Gasteiger partial charge in [0.2, 0.25) is 0 Å². The first-order valence-electron chi connectivity index (χ1n) is 8.32. The molecule has 0 atom stereocenters. The first-order chi connectivity index (χ1) is 13.9. The van der Waals surface area contributed by atoms with E-state index in [9.17, 15) is 9.59 Å². The highest BCUT2D eigenvalue weighted by molar-refractivity contribution is 6.30. The second-order valence-electron chi connectivity index (χ2n) is 5.77. The van der Waals surface area contributed by atoms with Gasteiger partial charge in [0.05, 0.1) is 0 Å². The maximum Gasteiger partial charge on any atom is 0.341 e. The molecular formula is C19H16ClN5O4. The molecule has 10 heteroatoms. The van der Waals surface area contributed by atoms with Crippen LogP contribution in [0, 0.1) is 0 Å². The van der Waals surface area contributed by atoms with Crippen molar-refractivity contribution in [3.63, 3.8) is 0 Å². The minimum Gasteiger partial charge on any atom is -0.481 e. The number of nitrogens with one attached hydrogen (secondary N) is 2. The minimum absolute atomic E-state index is 0.0696. The first kappa shape index (κ1) is 19.9. The molecule has 9 nitrogen and oxygen atoms in total. The van der Waals surface area contributed by atoms with Crippen LogP contribution in [0.25, 0.3) is 0 Å². The summed E-state index contributed by atoms with van der Waals surface area (Å²) in [7, 11) is 0. The molecule has 0 aliphatic rings. The van der Waals surface area contributed by atoms with Crippen molar-refractivity contribution >= 4 is 47.0 Å². The van der Waals surface area contributed by atoms with E-state index in [2.05, 4.69) is 20.5 Å². The Bertz CT molecular complexity index is 1060. The fourth-order valence-corrected chi connectivity index (χ4v) is 2.54. The van der Waals surface area contributed by atoms with E-state index < -0.39 is 18.5 Å². The zero-order valence-corrected chi connectivity index (χ0v) is 15.7. The number of carboxylic acids is 1. The van der Waals surface area contributed by atoms with Gasteiger partial charge >= 0.3 is 5.97 Å². The molecule has 0 bridgehead atoms. The fourth-order valence-electron chi connectivity index (χ4n) is 2.42. The van der Waals surface area contributed by atoms with E-state index in [1.54, 1.807) is 48.5 Å². The zero-order valence-electron chi connectivity index (χ0n) is 14.9. The molecule has 1 amide bonds. The SMILES string of the molecule is NC(=O)c1c(N=Cc2ccccc2OCC(=O)O)n[nH]c1Nc1ccc(Cl)cc1.